The molecule has 1 aliphatic heterocycles. The predicted molar refractivity (Wildman–Crippen MR) is 104 cm³/mol. The summed E-state index contributed by atoms with van der Waals surface area (Å²) in [6.45, 7) is 2.65. The van der Waals surface area contributed by atoms with Crippen molar-refractivity contribution >= 4 is 11.6 Å². The summed E-state index contributed by atoms with van der Waals surface area (Å²) in [7, 11) is 0. The number of aromatic nitrogens is 1. The standard InChI is InChI=1S/C22H23N3O/c26-21(23-19-10-5-2-6-11-19)13-15-25-17-16-24-14-7-12-20(24)22(25)18-8-3-1-4-9-18/h1-12,14,22H,13,15-17H2,(H,23,26). The topological polar surface area (TPSA) is 37.3 Å². The molecule has 132 valence electrons. The number of hydrogen-bond acceptors (Lipinski definition) is 2. The number of carbonyl (C=O) groups excluding carboxylic acids is 1. The second-order valence-corrected chi connectivity index (χ2v) is 6.64. The van der Waals surface area contributed by atoms with E-state index in [-0.39, 0.29) is 11.9 Å². The molecule has 1 aliphatic rings. The van der Waals surface area contributed by atoms with Gasteiger partial charge in [0.15, 0.2) is 0 Å². The van der Waals surface area contributed by atoms with Gasteiger partial charge in [-0.1, -0.05) is 48.5 Å². The van der Waals surface area contributed by atoms with E-state index >= 15 is 0 Å². The first-order valence-corrected chi connectivity index (χ1v) is 9.10. The molecule has 1 aromatic heterocycles. The van der Waals surface area contributed by atoms with E-state index in [1.165, 1.54) is 11.3 Å². The Morgan fingerprint density at radius 2 is 1.65 bits per heavy atom. The summed E-state index contributed by atoms with van der Waals surface area (Å²) < 4.78 is 2.32. The van der Waals surface area contributed by atoms with Gasteiger partial charge < -0.3 is 9.88 Å². The van der Waals surface area contributed by atoms with Gasteiger partial charge in [0.25, 0.3) is 0 Å². The van der Waals surface area contributed by atoms with Crippen LogP contribution in [0.4, 0.5) is 5.69 Å². The van der Waals surface area contributed by atoms with Gasteiger partial charge in [0.2, 0.25) is 5.91 Å². The third-order valence-corrected chi connectivity index (χ3v) is 4.94. The van der Waals surface area contributed by atoms with E-state index in [0.717, 1.165) is 25.3 Å². The van der Waals surface area contributed by atoms with Crippen molar-refractivity contribution < 1.29 is 4.79 Å². The third-order valence-electron chi connectivity index (χ3n) is 4.94. The molecular formula is C22H23N3O. The first-order valence-electron chi connectivity index (χ1n) is 9.10. The Morgan fingerprint density at radius 3 is 2.42 bits per heavy atom. The average molecular weight is 345 g/mol. The van der Waals surface area contributed by atoms with E-state index in [1.54, 1.807) is 0 Å². The molecule has 4 rings (SSSR count). The lowest BCUT2D eigenvalue weighted by atomic mass is 10.00. The molecular weight excluding hydrogens is 322 g/mol. The highest BCUT2D eigenvalue weighted by atomic mass is 16.1. The fraction of sp³-hybridized carbons (Fsp3) is 0.227. The van der Waals surface area contributed by atoms with E-state index in [4.69, 9.17) is 0 Å². The highest BCUT2D eigenvalue weighted by Gasteiger charge is 2.28. The molecule has 0 saturated carbocycles. The number of anilines is 1. The molecule has 2 heterocycles. The van der Waals surface area contributed by atoms with Gasteiger partial charge in [-0.25, -0.2) is 0 Å². The molecule has 0 saturated heterocycles. The first-order chi connectivity index (χ1) is 12.8. The van der Waals surface area contributed by atoms with Crippen LogP contribution in [-0.2, 0) is 11.3 Å². The van der Waals surface area contributed by atoms with Gasteiger partial charge in [-0.2, -0.15) is 0 Å². The number of rotatable bonds is 5. The Balaban J connectivity index is 1.47. The summed E-state index contributed by atoms with van der Waals surface area (Å²) in [5, 5.41) is 2.98. The van der Waals surface area contributed by atoms with Crippen molar-refractivity contribution in [2.75, 3.05) is 18.4 Å². The fourth-order valence-corrected chi connectivity index (χ4v) is 3.68. The van der Waals surface area contributed by atoms with Crippen LogP contribution in [-0.4, -0.2) is 28.5 Å². The molecule has 0 aliphatic carbocycles. The molecule has 0 fully saturated rings. The molecule has 4 heteroatoms. The smallest absolute Gasteiger partial charge is 0.225 e. The van der Waals surface area contributed by atoms with Crippen LogP contribution in [0.25, 0.3) is 0 Å². The highest BCUT2D eigenvalue weighted by molar-refractivity contribution is 5.90. The van der Waals surface area contributed by atoms with Crippen molar-refractivity contribution in [1.82, 2.24) is 9.47 Å². The first kappa shape index (κ1) is 16.6. The fourth-order valence-electron chi connectivity index (χ4n) is 3.68. The molecule has 2 aromatic carbocycles. The maximum absolute atomic E-state index is 12.4. The largest absolute Gasteiger partial charge is 0.348 e. The van der Waals surface area contributed by atoms with Crippen molar-refractivity contribution in [2.24, 2.45) is 0 Å². The number of nitrogens with one attached hydrogen (secondary N) is 1. The van der Waals surface area contributed by atoms with Gasteiger partial charge in [-0.3, -0.25) is 9.69 Å². The van der Waals surface area contributed by atoms with Crippen LogP contribution in [0.2, 0.25) is 0 Å². The zero-order valence-electron chi connectivity index (χ0n) is 14.7. The van der Waals surface area contributed by atoms with E-state index in [1.807, 2.05) is 36.4 Å². The summed E-state index contributed by atoms with van der Waals surface area (Å²) >= 11 is 0. The van der Waals surface area contributed by atoms with Crippen molar-refractivity contribution in [3.63, 3.8) is 0 Å². The number of fused-ring (bicyclic) bond motifs is 1. The number of carbonyl (C=O) groups is 1. The van der Waals surface area contributed by atoms with Crippen molar-refractivity contribution in [3.8, 4) is 0 Å². The quantitative estimate of drug-likeness (QED) is 0.761. The van der Waals surface area contributed by atoms with Crippen LogP contribution in [0.3, 0.4) is 0 Å². The van der Waals surface area contributed by atoms with Gasteiger partial charge >= 0.3 is 0 Å². The lowest BCUT2D eigenvalue weighted by Crippen LogP contribution is -2.39. The molecule has 1 amide bonds. The zero-order chi connectivity index (χ0) is 17.8. The number of nitrogens with zero attached hydrogens (tertiary/aromatic N) is 2. The van der Waals surface area contributed by atoms with Crippen LogP contribution in [0, 0.1) is 0 Å². The van der Waals surface area contributed by atoms with Crippen LogP contribution in [0.1, 0.15) is 23.7 Å². The van der Waals surface area contributed by atoms with E-state index in [0.29, 0.717) is 6.42 Å². The summed E-state index contributed by atoms with van der Waals surface area (Å²) in [4.78, 5) is 14.8. The maximum atomic E-state index is 12.4. The minimum Gasteiger partial charge on any atom is -0.348 e. The van der Waals surface area contributed by atoms with Crippen LogP contribution < -0.4 is 5.32 Å². The minimum atomic E-state index is 0.0592. The molecule has 1 unspecified atom stereocenters. The molecule has 0 radical (unpaired) electrons. The second-order valence-electron chi connectivity index (χ2n) is 6.64. The van der Waals surface area contributed by atoms with Crippen LogP contribution in [0.15, 0.2) is 79.0 Å². The van der Waals surface area contributed by atoms with Gasteiger partial charge in [0.05, 0.1) is 6.04 Å². The predicted octanol–water partition coefficient (Wildman–Crippen LogP) is 3.92. The highest BCUT2D eigenvalue weighted by Crippen LogP contribution is 2.32. The number of hydrogen-bond donors (Lipinski definition) is 1. The molecule has 4 nitrogen and oxygen atoms in total. The summed E-state index contributed by atoms with van der Waals surface area (Å²) in [5.41, 5.74) is 3.42. The molecule has 26 heavy (non-hydrogen) atoms. The van der Waals surface area contributed by atoms with E-state index in [2.05, 4.69) is 57.4 Å². The van der Waals surface area contributed by atoms with Gasteiger partial charge in [0, 0.05) is 43.6 Å². The van der Waals surface area contributed by atoms with Crippen LogP contribution in [0.5, 0.6) is 0 Å². The Labute approximate surface area is 154 Å². The average Bonchev–Trinajstić information content (AvgIpc) is 3.16. The number of para-hydroxylation sites is 1. The number of amides is 1. The van der Waals surface area contributed by atoms with Crippen molar-refractivity contribution in [1.29, 1.82) is 0 Å². The lowest BCUT2D eigenvalue weighted by Gasteiger charge is -2.37. The van der Waals surface area contributed by atoms with Gasteiger partial charge in [-0.05, 0) is 29.8 Å². The minimum absolute atomic E-state index is 0.0592. The normalized spacial score (nSPS) is 16.8. The summed E-state index contributed by atoms with van der Waals surface area (Å²) in [5.74, 6) is 0.0592. The maximum Gasteiger partial charge on any atom is 0.225 e. The van der Waals surface area contributed by atoms with Crippen LogP contribution >= 0.6 is 0 Å². The van der Waals surface area contributed by atoms with Gasteiger partial charge in [-0.15, -0.1) is 0 Å². The van der Waals surface area contributed by atoms with E-state index in [9.17, 15) is 4.79 Å². The molecule has 3 aromatic rings. The Morgan fingerprint density at radius 1 is 0.923 bits per heavy atom. The van der Waals surface area contributed by atoms with Crippen molar-refractivity contribution in [2.45, 2.75) is 19.0 Å². The summed E-state index contributed by atoms with van der Waals surface area (Å²) in [6, 6.07) is 24.7. The van der Waals surface area contributed by atoms with Gasteiger partial charge in [0.1, 0.15) is 0 Å². The third kappa shape index (κ3) is 3.55. The molecule has 1 N–H and O–H groups in total. The molecule has 0 bridgehead atoms. The Kier molecular flexibility index (Phi) is 4.84. The molecule has 1 atom stereocenters. The Hall–Kier alpha value is -2.85. The monoisotopic (exact) mass is 345 g/mol. The van der Waals surface area contributed by atoms with Crippen molar-refractivity contribution in [3.05, 3.63) is 90.3 Å². The van der Waals surface area contributed by atoms with E-state index < -0.39 is 0 Å². The SMILES string of the molecule is O=C(CCN1CCn2cccc2C1c1ccccc1)Nc1ccccc1. The lowest BCUT2D eigenvalue weighted by molar-refractivity contribution is -0.116. The number of benzene rings is 2. The summed E-state index contributed by atoms with van der Waals surface area (Å²) in [6.07, 6.45) is 2.63. The molecule has 0 spiro atoms. The second kappa shape index (κ2) is 7.58. The Bertz CT molecular complexity index is 857. The zero-order valence-corrected chi connectivity index (χ0v) is 14.7.